The molecule has 0 fully saturated rings. The Kier molecular flexibility index (Phi) is 2.54. The van der Waals surface area contributed by atoms with Crippen LogP contribution in [0.1, 0.15) is 25.5 Å². The molecule has 0 aliphatic heterocycles. The molecule has 15 heavy (non-hydrogen) atoms. The zero-order valence-corrected chi connectivity index (χ0v) is 8.81. The minimum absolute atomic E-state index is 0.225. The summed E-state index contributed by atoms with van der Waals surface area (Å²) in [7, 11) is 0. The van der Waals surface area contributed by atoms with Crippen LogP contribution in [0.2, 0.25) is 0 Å². The van der Waals surface area contributed by atoms with Crippen molar-refractivity contribution in [3.8, 4) is 5.69 Å². The summed E-state index contributed by atoms with van der Waals surface area (Å²) in [5.74, 6) is 0.176. The summed E-state index contributed by atoms with van der Waals surface area (Å²) in [5, 5.41) is 4.23. The Morgan fingerprint density at radius 1 is 1.13 bits per heavy atom. The lowest BCUT2D eigenvalue weighted by atomic mass is 10.1. The summed E-state index contributed by atoms with van der Waals surface area (Å²) in [6.07, 6.45) is 1.76. The van der Waals surface area contributed by atoms with Gasteiger partial charge in [-0.2, -0.15) is 5.10 Å². The fourth-order valence-corrected chi connectivity index (χ4v) is 1.55. The van der Waals surface area contributed by atoms with E-state index in [1.807, 2.05) is 10.7 Å². The fraction of sp³-hybridized carbons (Fsp3) is 0.250. The molecule has 0 N–H and O–H groups in total. The van der Waals surface area contributed by atoms with Gasteiger partial charge < -0.3 is 0 Å². The molecular formula is C12H13FN2. The van der Waals surface area contributed by atoms with Gasteiger partial charge in [0.25, 0.3) is 0 Å². The topological polar surface area (TPSA) is 17.8 Å². The van der Waals surface area contributed by atoms with Gasteiger partial charge in [0, 0.05) is 11.9 Å². The third kappa shape index (κ3) is 1.91. The van der Waals surface area contributed by atoms with Crippen molar-refractivity contribution in [1.82, 2.24) is 9.78 Å². The molecule has 2 rings (SSSR count). The molecule has 1 aromatic carbocycles. The van der Waals surface area contributed by atoms with Crippen molar-refractivity contribution in [3.05, 3.63) is 48.0 Å². The van der Waals surface area contributed by atoms with Crippen LogP contribution in [0.15, 0.2) is 36.5 Å². The summed E-state index contributed by atoms with van der Waals surface area (Å²) < 4.78 is 14.6. The largest absolute Gasteiger partial charge is 0.238 e. The minimum atomic E-state index is -0.225. The predicted octanol–water partition coefficient (Wildman–Crippen LogP) is 3.13. The van der Waals surface area contributed by atoms with E-state index in [-0.39, 0.29) is 5.82 Å². The summed E-state index contributed by atoms with van der Waals surface area (Å²) in [6, 6.07) is 8.33. The highest BCUT2D eigenvalue weighted by Gasteiger charge is 2.07. The molecule has 0 unspecified atom stereocenters. The van der Waals surface area contributed by atoms with Crippen molar-refractivity contribution in [2.45, 2.75) is 19.8 Å². The van der Waals surface area contributed by atoms with Gasteiger partial charge in [-0.3, -0.25) is 0 Å². The van der Waals surface area contributed by atoms with E-state index >= 15 is 0 Å². The van der Waals surface area contributed by atoms with Crippen molar-refractivity contribution in [2.24, 2.45) is 0 Å². The van der Waals surface area contributed by atoms with Crippen molar-refractivity contribution in [3.63, 3.8) is 0 Å². The lowest BCUT2D eigenvalue weighted by molar-refractivity contribution is 0.626. The lowest BCUT2D eigenvalue weighted by Gasteiger charge is -2.09. The first-order valence-electron chi connectivity index (χ1n) is 4.98. The summed E-state index contributed by atoms with van der Waals surface area (Å²) in [5.41, 5.74) is 2.02. The maximum atomic E-state index is 12.8. The van der Waals surface area contributed by atoms with E-state index < -0.39 is 0 Å². The fourth-order valence-electron chi connectivity index (χ4n) is 1.55. The van der Waals surface area contributed by atoms with Crippen LogP contribution < -0.4 is 0 Å². The van der Waals surface area contributed by atoms with Crippen LogP contribution >= 0.6 is 0 Å². The van der Waals surface area contributed by atoms with Crippen molar-refractivity contribution < 1.29 is 4.39 Å². The molecule has 0 spiro atoms. The number of rotatable bonds is 2. The van der Waals surface area contributed by atoms with Crippen molar-refractivity contribution >= 4 is 0 Å². The quantitative estimate of drug-likeness (QED) is 0.734. The zero-order chi connectivity index (χ0) is 10.8. The molecule has 0 amide bonds. The smallest absolute Gasteiger partial charge is 0.123 e. The van der Waals surface area contributed by atoms with E-state index in [1.165, 1.54) is 12.1 Å². The molecule has 0 aliphatic rings. The van der Waals surface area contributed by atoms with Gasteiger partial charge in [-0.15, -0.1) is 0 Å². The first-order valence-corrected chi connectivity index (χ1v) is 4.98. The molecule has 2 nitrogen and oxygen atoms in total. The van der Waals surface area contributed by atoms with E-state index in [4.69, 9.17) is 0 Å². The molecule has 0 atom stereocenters. The maximum Gasteiger partial charge on any atom is 0.123 e. The summed E-state index contributed by atoms with van der Waals surface area (Å²) >= 11 is 0. The molecule has 2 aromatic rings. The van der Waals surface area contributed by atoms with E-state index in [9.17, 15) is 4.39 Å². The summed E-state index contributed by atoms with van der Waals surface area (Å²) in [4.78, 5) is 0. The van der Waals surface area contributed by atoms with Gasteiger partial charge >= 0.3 is 0 Å². The second-order valence-corrected chi connectivity index (χ2v) is 3.80. The van der Waals surface area contributed by atoms with Gasteiger partial charge in [0.05, 0.1) is 5.69 Å². The number of aromatic nitrogens is 2. The van der Waals surface area contributed by atoms with Gasteiger partial charge in [0.15, 0.2) is 0 Å². The second-order valence-electron chi connectivity index (χ2n) is 3.80. The van der Waals surface area contributed by atoms with Gasteiger partial charge in [0.1, 0.15) is 5.82 Å². The average Bonchev–Trinajstić information content (AvgIpc) is 2.67. The first-order chi connectivity index (χ1) is 7.18. The predicted molar refractivity (Wildman–Crippen MR) is 57.6 cm³/mol. The van der Waals surface area contributed by atoms with Crippen molar-refractivity contribution in [2.75, 3.05) is 0 Å². The molecule has 0 saturated carbocycles. The Morgan fingerprint density at radius 2 is 1.80 bits per heavy atom. The average molecular weight is 204 g/mol. The van der Waals surface area contributed by atoms with Gasteiger partial charge in [-0.25, -0.2) is 9.07 Å². The molecule has 0 saturated heterocycles. The van der Waals surface area contributed by atoms with Crippen LogP contribution in [0.4, 0.5) is 4.39 Å². The molecule has 0 aliphatic carbocycles. The van der Waals surface area contributed by atoms with Crippen LogP contribution in [-0.2, 0) is 0 Å². The van der Waals surface area contributed by atoms with Gasteiger partial charge in [-0.05, 0) is 36.2 Å². The van der Waals surface area contributed by atoms with Crippen LogP contribution in [0.25, 0.3) is 5.69 Å². The molecule has 3 heteroatoms. The Labute approximate surface area is 88.4 Å². The van der Waals surface area contributed by atoms with E-state index in [0.29, 0.717) is 5.92 Å². The first kappa shape index (κ1) is 9.90. The van der Waals surface area contributed by atoms with E-state index in [2.05, 4.69) is 18.9 Å². The molecule has 78 valence electrons. The maximum absolute atomic E-state index is 12.8. The third-order valence-corrected chi connectivity index (χ3v) is 2.33. The van der Waals surface area contributed by atoms with Crippen molar-refractivity contribution in [1.29, 1.82) is 0 Å². The Balaban J connectivity index is 2.45. The lowest BCUT2D eigenvalue weighted by Crippen LogP contribution is -2.03. The van der Waals surface area contributed by atoms with Crippen LogP contribution in [-0.4, -0.2) is 9.78 Å². The molecule has 1 aromatic heterocycles. The number of halogens is 1. The minimum Gasteiger partial charge on any atom is -0.238 e. The number of hydrogen-bond donors (Lipinski definition) is 0. The Hall–Kier alpha value is -1.64. The van der Waals surface area contributed by atoms with Crippen LogP contribution in [0, 0.1) is 5.82 Å². The van der Waals surface area contributed by atoms with Gasteiger partial charge in [0.2, 0.25) is 0 Å². The summed E-state index contributed by atoms with van der Waals surface area (Å²) in [6.45, 7) is 4.22. The van der Waals surface area contributed by atoms with E-state index in [0.717, 1.165) is 11.4 Å². The third-order valence-electron chi connectivity index (χ3n) is 2.33. The highest BCUT2D eigenvalue weighted by Crippen LogP contribution is 2.18. The normalized spacial score (nSPS) is 10.9. The Morgan fingerprint density at radius 3 is 2.40 bits per heavy atom. The van der Waals surface area contributed by atoms with Gasteiger partial charge in [-0.1, -0.05) is 13.8 Å². The number of hydrogen-bond acceptors (Lipinski definition) is 1. The number of benzene rings is 1. The zero-order valence-electron chi connectivity index (χ0n) is 8.81. The highest BCUT2D eigenvalue weighted by molar-refractivity contribution is 5.33. The molecule has 0 bridgehead atoms. The molecule has 0 radical (unpaired) electrons. The van der Waals surface area contributed by atoms with E-state index in [1.54, 1.807) is 18.3 Å². The Bertz CT molecular complexity index is 443. The number of nitrogens with zero attached hydrogens (tertiary/aromatic N) is 2. The second kappa shape index (κ2) is 3.85. The molecule has 1 heterocycles. The van der Waals surface area contributed by atoms with Crippen LogP contribution in [0.3, 0.4) is 0 Å². The SMILES string of the molecule is CC(C)c1ccnn1-c1ccc(F)cc1. The molecular weight excluding hydrogens is 191 g/mol. The highest BCUT2D eigenvalue weighted by atomic mass is 19.1. The monoisotopic (exact) mass is 204 g/mol. The standard InChI is InChI=1S/C12H13FN2/c1-9(2)12-7-8-14-15(12)11-5-3-10(13)4-6-11/h3-9H,1-2H3. The van der Waals surface area contributed by atoms with Crippen LogP contribution in [0.5, 0.6) is 0 Å².